The number of rotatable bonds is 9. The monoisotopic (exact) mass is 387 g/mol. The Bertz CT molecular complexity index is 868. The lowest BCUT2D eigenvalue weighted by molar-refractivity contribution is -0.384. The predicted molar refractivity (Wildman–Crippen MR) is 101 cm³/mol. The summed E-state index contributed by atoms with van der Waals surface area (Å²) in [5, 5.41) is 16.1. The Balaban J connectivity index is 1.63. The van der Waals surface area contributed by atoms with Gasteiger partial charge in [-0.3, -0.25) is 14.9 Å². The Labute approximate surface area is 160 Å². The van der Waals surface area contributed by atoms with E-state index in [2.05, 4.69) is 10.6 Å². The maximum Gasteiger partial charge on any atom is 0.331 e. The molecule has 28 heavy (non-hydrogen) atoms. The molecule has 0 aliphatic heterocycles. The fourth-order valence-corrected chi connectivity index (χ4v) is 2.11. The molecule has 0 saturated heterocycles. The molecule has 146 valence electrons. The van der Waals surface area contributed by atoms with E-state index < -0.39 is 29.2 Å². The lowest BCUT2D eigenvalue weighted by atomic mass is 10.2. The summed E-state index contributed by atoms with van der Waals surface area (Å²) in [5.74, 6) is -1.72. The van der Waals surface area contributed by atoms with Crippen LogP contribution in [0.5, 0.6) is 0 Å². The topological polar surface area (TPSA) is 111 Å². The Kier molecular flexibility index (Phi) is 7.64. The molecule has 9 heteroatoms. The molecule has 0 aliphatic carbocycles. The number of halogens is 1. The van der Waals surface area contributed by atoms with Gasteiger partial charge < -0.3 is 15.4 Å². The van der Waals surface area contributed by atoms with Crippen LogP contribution in [0.25, 0.3) is 6.08 Å². The second-order valence-corrected chi connectivity index (χ2v) is 5.54. The Morgan fingerprint density at radius 1 is 1.11 bits per heavy atom. The lowest BCUT2D eigenvalue weighted by Crippen LogP contribution is -2.32. The molecule has 2 aromatic carbocycles. The van der Waals surface area contributed by atoms with Crippen LogP contribution in [0, 0.1) is 15.9 Å². The fraction of sp³-hybridized carbons (Fsp3) is 0.158. The van der Waals surface area contributed by atoms with E-state index in [9.17, 15) is 24.1 Å². The maximum atomic E-state index is 13.4. The first kappa shape index (κ1) is 20.6. The van der Waals surface area contributed by atoms with Gasteiger partial charge in [-0.15, -0.1) is 0 Å². The molecule has 2 rings (SSSR count). The number of anilines is 1. The number of hydrogen-bond acceptors (Lipinski definition) is 6. The summed E-state index contributed by atoms with van der Waals surface area (Å²) in [4.78, 5) is 33.3. The summed E-state index contributed by atoms with van der Waals surface area (Å²) in [7, 11) is 0. The number of nitrogens with zero attached hydrogens (tertiary/aromatic N) is 1. The zero-order valence-electron chi connectivity index (χ0n) is 14.8. The molecule has 0 atom stereocenters. The Hall–Kier alpha value is -3.75. The van der Waals surface area contributed by atoms with Crippen molar-refractivity contribution in [2.24, 2.45) is 0 Å². The molecule has 0 bridgehead atoms. The second kappa shape index (κ2) is 10.4. The van der Waals surface area contributed by atoms with E-state index in [4.69, 9.17) is 4.74 Å². The third-order valence-electron chi connectivity index (χ3n) is 3.50. The van der Waals surface area contributed by atoms with Crippen molar-refractivity contribution >= 4 is 29.3 Å². The molecule has 1 amide bonds. The molecule has 8 nitrogen and oxygen atoms in total. The first-order valence-corrected chi connectivity index (χ1v) is 8.30. The van der Waals surface area contributed by atoms with Crippen molar-refractivity contribution in [2.75, 3.05) is 25.0 Å². The highest BCUT2D eigenvalue weighted by Crippen LogP contribution is 2.14. The standard InChI is InChI=1S/C19H18FN3O5/c20-17-4-2-1-3-14(17)5-10-19(25)28-13-18(24)22-12-11-21-15-6-8-16(9-7-15)23(26)27/h1-10,21H,11-13H2,(H,22,24)/b10-5+. The van der Waals surface area contributed by atoms with Crippen LogP contribution in [-0.4, -0.2) is 36.5 Å². The van der Waals surface area contributed by atoms with Crippen LogP contribution in [0.2, 0.25) is 0 Å². The number of carbonyl (C=O) groups is 2. The van der Waals surface area contributed by atoms with Crippen molar-refractivity contribution in [2.45, 2.75) is 0 Å². The zero-order chi connectivity index (χ0) is 20.4. The van der Waals surface area contributed by atoms with E-state index in [1.165, 1.54) is 36.4 Å². The highest BCUT2D eigenvalue weighted by Gasteiger charge is 2.06. The van der Waals surface area contributed by atoms with Gasteiger partial charge in [0.05, 0.1) is 4.92 Å². The second-order valence-electron chi connectivity index (χ2n) is 5.54. The van der Waals surface area contributed by atoms with Gasteiger partial charge in [-0.2, -0.15) is 0 Å². The smallest absolute Gasteiger partial charge is 0.331 e. The molecule has 2 N–H and O–H groups in total. The van der Waals surface area contributed by atoms with Crippen LogP contribution in [-0.2, 0) is 14.3 Å². The summed E-state index contributed by atoms with van der Waals surface area (Å²) in [6.07, 6.45) is 2.31. The predicted octanol–water partition coefficient (Wildman–Crippen LogP) is 2.52. The number of nitro benzene ring substituents is 1. The van der Waals surface area contributed by atoms with Gasteiger partial charge in [0.1, 0.15) is 5.82 Å². The molecule has 0 aromatic heterocycles. The minimum atomic E-state index is -0.762. The largest absolute Gasteiger partial charge is 0.452 e. The highest BCUT2D eigenvalue weighted by molar-refractivity contribution is 5.89. The molecular formula is C19H18FN3O5. The number of benzene rings is 2. The summed E-state index contributed by atoms with van der Waals surface area (Å²) >= 11 is 0. The number of carbonyl (C=O) groups excluding carboxylic acids is 2. The van der Waals surface area contributed by atoms with Crippen LogP contribution < -0.4 is 10.6 Å². The third kappa shape index (κ3) is 6.87. The number of ether oxygens (including phenoxy) is 1. The van der Waals surface area contributed by atoms with Crippen molar-refractivity contribution in [1.82, 2.24) is 5.32 Å². The number of hydrogen-bond donors (Lipinski definition) is 2. The van der Waals surface area contributed by atoms with Crippen LogP contribution in [0.3, 0.4) is 0 Å². The highest BCUT2D eigenvalue weighted by atomic mass is 19.1. The molecule has 0 unspecified atom stereocenters. The van der Waals surface area contributed by atoms with Gasteiger partial charge in [-0.1, -0.05) is 18.2 Å². The van der Waals surface area contributed by atoms with E-state index in [-0.39, 0.29) is 17.8 Å². The lowest BCUT2D eigenvalue weighted by Gasteiger charge is -2.08. The minimum absolute atomic E-state index is 0.00952. The first-order valence-electron chi connectivity index (χ1n) is 8.30. The molecule has 0 spiro atoms. The first-order chi connectivity index (χ1) is 13.5. The summed E-state index contributed by atoms with van der Waals surface area (Å²) < 4.78 is 18.2. The molecule has 0 fully saturated rings. The number of non-ortho nitro benzene ring substituents is 1. The van der Waals surface area contributed by atoms with Gasteiger partial charge >= 0.3 is 5.97 Å². The number of amides is 1. The molecule has 0 heterocycles. The molecule has 2 aromatic rings. The fourth-order valence-electron chi connectivity index (χ4n) is 2.11. The van der Waals surface area contributed by atoms with Crippen molar-refractivity contribution in [3.05, 3.63) is 76.1 Å². The number of nitro groups is 1. The van der Waals surface area contributed by atoms with E-state index in [0.29, 0.717) is 12.2 Å². The Morgan fingerprint density at radius 3 is 2.50 bits per heavy atom. The Morgan fingerprint density at radius 2 is 1.82 bits per heavy atom. The van der Waals surface area contributed by atoms with Gasteiger partial charge in [0.15, 0.2) is 6.61 Å². The number of esters is 1. The zero-order valence-corrected chi connectivity index (χ0v) is 14.8. The van der Waals surface area contributed by atoms with Gasteiger partial charge in [-0.05, 0) is 24.3 Å². The summed E-state index contributed by atoms with van der Waals surface area (Å²) in [5.41, 5.74) is 0.899. The van der Waals surface area contributed by atoms with Crippen LogP contribution in [0.4, 0.5) is 15.8 Å². The van der Waals surface area contributed by atoms with Gasteiger partial charge in [0, 0.05) is 42.5 Å². The van der Waals surface area contributed by atoms with Crippen LogP contribution >= 0.6 is 0 Å². The quantitative estimate of drug-likeness (QED) is 0.225. The van der Waals surface area contributed by atoms with Crippen molar-refractivity contribution in [3.63, 3.8) is 0 Å². The van der Waals surface area contributed by atoms with E-state index in [1.807, 2.05) is 0 Å². The van der Waals surface area contributed by atoms with Crippen LogP contribution in [0.1, 0.15) is 5.56 Å². The van der Waals surface area contributed by atoms with Gasteiger partial charge in [0.25, 0.3) is 11.6 Å². The average molecular weight is 387 g/mol. The van der Waals surface area contributed by atoms with Crippen molar-refractivity contribution < 1.29 is 23.6 Å². The van der Waals surface area contributed by atoms with E-state index in [1.54, 1.807) is 18.2 Å². The number of nitrogens with one attached hydrogen (secondary N) is 2. The molecule has 0 radical (unpaired) electrons. The average Bonchev–Trinajstić information content (AvgIpc) is 2.69. The van der Waals surface area contributed by atoms with E-state index in [0.717, 1.165) is 6.08 Å². The maximum absolute atomic E-state index is 13.4. The van der Waals surface area contributed by atoms with Gasteiger partial charge in [0.2, 0.25) is 0 Å². The molecule has 0 aliphatic rings. The van der Waals surface area contributed by atoms with Crippen LogP contribution in [0.15, 0.2) is 54.6 Å². The van der Waals surface area contributed by atoms with Crippen molar-refractivity contribution in [1.29, 1.82) is 0 Å². The normalized spacial score (nSPS) is 10.5. The van der Waals surface area contributed by atoms with E-state index >= 15 is 0 Å². The minimum Gasteiger partial charge on any atom is -0.452 e. The molecule has 0 saturated carbocycles. The summed E-state index contributed by atoms with van der Waals surface area (Å²) in [6, 6.07) is 11.8. The van der Waals surface area contributed by atoms with Crippen molar-refractivity contribution in [3.8, 4) is 0 Å². The SMILES string of the molecule is O=C(COC(=O)/C=C/c1ccccc1F)NCCNc1ccc([N+](=O)[O-])cc1. The third-order valence-corrected chi connectivity index (χ3v) is 3.50. The van der Waals surface area contributed by atoms with Gasteiger partial charge in [-0.25, -0.2) is 9.18 Å². The molecular weight excluding hydrogens is 369 g/mol. The summed E-state index contributed by atoms with van der Waals surface area (Å²) in [6.45, 7) is 0.182.